The maximum atomic E-state index is 13.0. The van der Waals surface area contributed by atoms with Crippen molar-refractivity contribution in [1.82, 2.24) is 15.5 Å². The Kier molecular flexibility index (Phi) is 5.68. The Morgan fingerprint density at radius 3 is 2.46 bits per heavy atom. The first kappa shape index (κ1) is 17.7. The largest absolute Gasteiger partial charge is 0.453 e. The number of nitrogens with one attached hydrogen (secondary N) is 2. The van der Waals surface area contributed by atoms with E-state index in [-0.39, 0.29) is 17.8 Å². The van der Waals surface area contributed by atoms with Gasteiger partial charge in [-0.3, -0.25) is 0 Å². The smallest absolute Gasteiger partial charge is 0.407 e. The SMILES string of the molecule is COC(=O)NCc1ccc(NCC(C)(C)c2ccc(F)cc2)nn1. The number of halogens is 1. The van der Waals surface area contributed by atoms with Crippen molar-refractivity contribution in [1.29, 1.82) is 0 Å². The van der Waals surface area contributed by atoms with Gasteiger partial charge in [0.15, 0.2) is 0 Å². The highest BCUT2D eigenvalue weighted by molar-refractivity contribution is 5.66. The van der Waals surface area contributed by atoms with Crippen LogP contribution in [0.25, 0.3) is 0 Å². The highest BCUT2D eigenvalue weighted by Gasteiger charge is 2.20. The standard InChI is InChI=1S/C17H21FN4O2/c1-17(2,12-4-6-13(18)7-5-12)11-20-15-9-8-14(21-22-15)10-19-16(23)24-3/h4-9H,10-11H2,1-3H3,(H,19,23)(H,20,22). The van der Waals surface area contributed by atoms with Crippen LogP contribution in [-0.4, -0.2) is 29.9 Å². The van der Waals surface area contributed by atoms with Crippen molar-refractivity contribution in [2.75, 3.05) is 19.0 Å². The predicted octanol–water partition coefficient (Wildman–Crippen LogP) is 2.86. The van der Waals surface area contributed by atoms with Crippen molar-refractivity contribution in [2.24, 2.45) is 0 Å². The quantitative estimate of drug-likeness (QED) is 0.851. The van der Waals surface area contributed by atoms with Crippen molar-refractivity contribution in [3.05, 3.63) is 53.5 Å². The van der Waals surface area contributed by atoms with Gasteiger partial charge in [0.25, 0.3) is 0 Å². The Morgan fingerprint density at radius 1 is 1.17 bits per heavy atom. The van der Waals surface area contributed by atoms with Crippen molar-refractivity contribution >= 4 is 11.9 Å². The molecule has 0 aliphatic carbocycles. The molecular weight excluding hydrogens is 311 g/mol. The number of anilines is 1. The van der Waals surface area contributed by atoms with Gasteiger partial charge in [-0.1, -0.05) is 26.0 Å². The third-order valence-electron chi connectivity index (χ3n) is 3.66. The lowest BCUT2D eigenvalue weighted by Crippen LogP contribution is -2.28. The van der Waals surface area contributed by atoms with Crippen LogP contribution in [0.2, 0.25) is 0 Å². The highest BCUT2D eigenvalue weighted by Crippen LogP contribution is 2.23. The molecule has 6 nitrogen and oxygen atoms in total. The fourth-order valence-corrected chi connectivity index (χ4v) is 2.10. The molecular formula is C17H21FN4O2. The number of carbonyl (C=O) groups is 1. The van der Waals surface area contributed by atoms with Gasteiger partial charge in [0.2, 0.25) is 0 Å². The number of carbonyl (C=O) groups excluding carboxylic acids is 1. The van der Waals surface area contributed by atoms with E-state index in [0.29, 0.717) is 18.1 Å². The maximum absolute atomic E-state index is 13.0. The van der Waals surface area contributed by atoms with Crippen molar-refractivity contribution in [3.8, 4) is 0 Å². The number of amides is 1. The van der Waals surface area contributed by atoms with Gasteiger partial charge in [-0.15, -0.1) is 5.10 Å². The van der Waals surface area contributed by atoms with Gasteiger partial charge >= 0.3 is 6.09 Å². The number of hydrogen-bond acceptors (Lipinski definition) is 5. The molecule has 1 heterocycles. The van der Waals surface area contributed by atoms with Crippen LogP contribution in [0, 0.1) is 5.82 Å². The third kappa shape index (κ3) is 4.91. The van der Waals surface area contributed by atoms with Gasteiger partial charge in [-0.25, -0.2) is 9.18 Å². The average Bonchev–Trinajstić information content (AvgIpc) is 2.59. The lowest BCUT2D eigenvalue weighted by Gasteiger charge is -2.25. The number of nitrogens with zero attached hydrogens (tertiary/aromatic N) is 2. The fourth-order valence-electron chi connectivity index (χ4n) is 2.10. The van der Waals surface area contributed by atoms with Crippen LogP contribution in [0.1, 0.15) is 25.1 Å². The molecule has 24 heavy (non-hydrogen) atoms. The molecule has 0 unspecified atom stereocenters. The molecule has 7 heteroatoms. The van der Waals surface area contributed by atoms with E-state index in [9.17, 15) is 9.18 Å². The van der Waals surface area contributed by atoms with Crippen molar-refractivity contribution < 1.29 is 13.9 Å². The maximum Gasteiger partial charge on any atom is 0.407 e. The molecule has 0 radical (unpaired) electrons. The van der Waals surface area contributed by atoms with Crippen LogP contribution < -0.4 is 10.6 Å². The van der Waals surface area contributed by atoms with E-state index in [0.717, 1.165) is 5.56 Å². The molecule has 0 saturated heterocycles. The zero-order valence-corrected chi connectivity index (χ0v) is 14.0. The fraction of sp³-hybridized carbons (Fsp3) is 0.353. The number of aromatic nitrogens is 2. The summed E-state index contributed by atoms with van der Waals surface area (Å²) in [6, 6.07) is 10.0. The third-order valence-corrected chi connectivity index (χ3v) is 3.66. The molecule has 2 N–H and O–H groups in total. The van der Waals surface area contributed by atoms with Crippen LogP contribution >= 0.6 is 0 Å². The molecule has 1 amide bonds. The Balaban J connectivity index is 1.91. The van der Waals surface area contributed by atoms with Crippen LogP contribution in [0.4, 0.5) is 15.0 Å². The van der Waals surface area contributed by atoms with E-state index in [1.54, 1.807) is 24.3 Å². The summed E-state index contributed by atoms with van der Waals surface area (Å²) in [6.07, 6.45) is -0.514. The first-order valence-corrected chi connectivity index (χ1v) is 7.55. The summed E-state index contributed by atoms with van der Waals surface area (Å²) >= 11 is 0. The molecule has 0 spiro atoms. The van der Waals surface area contributed by atoms with Crippen molar-refractivity contribution in [2.45, 2.75) is 25.8 Å². The molecule has 128 valence electrons. The minimum absolute atomic E-state index is 0.194. The molecule has 0 saturated carbocycles. The zero-order chi connectivity index (χ0) is 17.6. The molecule has 2 rings (SSSR count). The van der Waals surface area contributed by atoms with E-state index in [1.165, 1.54) is 19.2 Å². The molecule has 0 aliphatic rings. The molecule has 0 bridgehead atoms. The van der Waals surface area contributed by atoms with Gasteiger partial charge in [0, 0.05) is 12.0 Å². The number of alkyl carbamates (subject to hydrolysis) is 1. The minimum Gasteiger partial charge on any atom is -0.453 e. The van der Waals surface area contributed by atoms with Gasteiger partial charge in [-0.05, 0) is 29.8 Å². The number of methoxy groups -OCH3 is 1. The first-order valence-electron chi connectivity index (χ1n) is 7.55. The number of hydrogen-bond donors (Lipinski definition) is 2. The monoisotopic (exact) mass is 332 g/mol. The topological polar surface area (TPSA) is 76.1 Å². The minimum atomic E-state index is -0.514. The summed E-state index contributed by atoms with van der Waals surface area (Å²) in [5.74, 6) is 0.386. The summed E-state index contributed by atoms with van der Waals surface area (Å²) in [5, 5.41) is 13.9. The predicted molar refractivity (Wildman–Crippen MR) is 89.2 cm³/mol. The Morgan fingerprint density at radius 2 is 1.88 bits per heavy atom. The van der Waals surface area contributed by atoms with Gasteiger partial charge in [0.05, 0.1) is 19.3 Å². The summed E-state index contributed by atoms with van der Waals surface area (Å²) in [5.41, 5.74) is 1.47. The second kappa shape index (κ2) is 7.72. The second-order valence-electron chi connectivity index (χ2n) is 6.00. The Labute approximate surface area is 140 Å². The summed E-state index contributed by atoms with van der Waals surface area (Å²) < 4.78 is 17.5. The van der Waals surface area contributed by atoms with Crippen molar-refractivity contribution in [3.63, 3.8) is 0 Å². The molecule has 1 aromatic carbocycles. The normalized spacial score (nSPS) is 11.0. The van der Waals surface area contributed by atoms with E-state index in [2.05, 4.69) is 39.4 Å². The van der Waals surface area contributed by atoms with Gasteiger partial charge in [-0.2, -0.15) is 5.10 Å². The highest BCUT2D eigenvalue weighted by atomic mass is 19.1. The van der Waals surface area contributed by atoms with E-state index in [4.69, 9.17) is 0 Å². The van der Waals surface area contributed by atoms with Gasteiger partial charge in [0.1, 0.15) is 11.6 Å². The Bertz CT molecular complexity index is 672. The lowest BCUT2D eigenvalue weighted by atomic mass is 9.84. The molecule has 0 aliphatic heterocycles. The molecule has 2 aromatic rings. The zero-order valence-electron chi connectivity index (χ0n) is 14.0. The molecule has 0 atom stereocenters. The van der Waals surface area contributed by atoms with Crippen LogP contribution in [-0.2, 0) is 16.7 Å². The van der Waals surface area contributed by atoms with Crippen LogP contribution in [0.15, 0.2) is 36.4 Å². The number of rotatable bonds is 6. The lowest BCUT2D eigenvalue weighted by molar-refractivity contribution is 0.170. The Hall–Kier alpha value is -2.70. The van der Waals surface area contributed by atoms with E-state index >= 15 is 0 Å². The van der Waals surface area contributed by atoms with E-state index in [1.807, 2.05) is 0 Å². The van der Waals surface area contributed by atoms with Crippen LogP contribution in [0.5, 0.6) is 0 Å². The van der Waals surface area contributed by atoms with Gasteiger partial charge < -0.3 is 15.4 Å². The van der Waals surface area contributed by atoms with Crippen LogP contribution in [0.3, 0.4) is 0 Å². The summed E-state index contributed by atoms with van der Waals surface area (Å²) in [7, 11) is 1.30. The summed E-state index contributed by atoms with van der Waals surface area (Å²) in [4.78, 5) is 11.0. The first-order chi connectivity index (χ1) is 11.4. The molecule has 1 aromatic heterocycles. The number of benzene rings is 1. The summed E-state index contributed by atoms with van der Waals surface area (Å²) in [6.45, 7) is 5.00. The number of ether oxygens (including phenoxy) is 1. The second-order valence-corrected chi connectivity index (χ2v) is 6.00. The van der Waals surface area contributed by atoms with E-state index < -0.39 is 6.09 Å². The molecule has 0 fully saturated rings. The average molecular weight is 332 g/mol.